The van der Waals surface area contributed by atoms with E-state index in [9.17, 15) is 26.8 Å². The Morgan fingerprint density at radius 2 is 1.72 bits per heavy atom. The second-order valence-corrected chi connectivity index (χ2v) is 10.2. The Kier molecular flexibility index (Phi) is 7.00. The zero-order valence-electron chi connectivity index (χ0n) is 17.0. The lowest BCUT2D eigenvalue weighted by Gasteiger charge is -2.31. The van der Waals surface area contributed by atoms with E-state index in [1.165, 1.54) is 0 Å². The molecule has 0 aromatic heterocycles. The van der Waals surface area contributed by atoms with Crippen molar-refractivity contribution in [2.45, 2.75) is 57.0 Å². The van der Waals surface area contributed by atoms with Crippen molar-refractivity contribution in [3.05, 3.63) is 29.8 Å². The Morgan fingerprint density at radius 1 is 1.14 bits per heavy atom. The summed E-state index contributed by atoms with van der Waals surface area (Å²) in [6.45, 7) is 7.24. The maximum absolute atomic E-state index is 13.4. The molecule has 1 saturated heterocycles. The third kappa shape index (κ3) is 5.96. The van der Waals surface area contributed by atoms with E-state index in [-0.39, 0.29) is 42.6 Å². The Labute approximate surface area is 169 Å². The topological polar surface area (TPSA) is 95.6 Å². The van der Waals surface area contributed by atoms with Crippen LogP contribution in [0.4, 0.5) is 8.78 Å². The monoisotopic (exact) mass is 431 g/mol. The van der Waals surface area contributed by atoms with Crippen LogP contribution in [0.5, 0.6) is 0 Å². The first-order chi connectivity index (χ1) is 13.3. The van der Waals surface area contributed by atoms with Crippen LogP contribution in [0.1, 0.15) is 40.5 Å². The van der Waals surface area contributed by atoms with Gasteiger partial charge < -0.3 is 10.6 Å². The van der Waals surface area contributed by atoms with Crippen LogP contribution in [0.2, 0.25) is 0 Å². The van der Waals surface area contributed by atoms with Gasteiger partial charge in [0, 0.05) is 24.5 Å². The maximum atomic E-state index is 13.4. The van der Waals surface area contributed by atoms with Gasteiger partial charge in [-0.15, -0.1) is 0 Å². The van der Waals surface area contributed by atoms with Crippen molar-refractivity contribution in [3.63, 3.8) is 0 Å². The lowest BCUT2D eigenvalue weighted by Crippen LogP contribution is -2.52. The number of piperidine rings is 1. The zero-order valence-corrected chi connectivity index (χ0v) is 17.8. The number of carbonyl (C=O) groups excluding carboxylic acids is 2. The van der Waals surface area contributed by atoms with Crippen molar-refractivity contribution in [1.82, 2.24) is 14.9 Å². The fourth-order valence-electron chi connectivity index (χ4n) is 3.02. The molecule has 1 fully saturated rings. The largest absolute Gasteiger partial charge is 0.350 e. The number of hydrogen-bond donors (Lipinski definition) is 2. The predicted molar refractivity (Wildman–Crippen MR) is 103 cm³/mol. The first-order valence-corrected chi connectivity index (χ1v) is 10.8. The lowest BCUT2D eigenvalue weighted by atomic mass is 9.97. The first-order valence-electron chi connectivity index (χ1n) is 9.39. The number of carbonyl (C=O) groups is 2. The minimum absolute atomic E-state index is 0.0714. The smallest absolute Gasteiger partial charge is 0.243 e. The summed E-state index contributed by atoms with van der Waals surface area (Å²) < 4.78 is 52.8. The molecular formula is C19H27F2N3O4S. The number of halogens is 2. The Balaban J connectivity index is 1.95. The lowest BCUT2D eigenvalue weighted by molar-refractivity contribution is -0.132. The number of rotatable bonds is 5. The van der Waals surface area contributed by atoms with Crippen LogP contribution >= 0.6 is 0 Å². The van der Waals surface area contributed by atoms with Gasteiger partial charge >= 0.3 is 0 Å². The van der Waals surface area contributed by atoms with Crippen LogP contribution in [-0.2, 0) is 19.6 Å². The van der Waals surface area contributed by atoms with Gasteiger partial charge in [-0.2, -0.15) is 4.31 Å². The standard InChI is InChI=1S/C19H27F2N3O4S/c1-12(17(25)23-19(2,3)4)22-18(26)13-7-9-24(10-8-13)29(27,28)14-5-6-15(20)16(21)11-14/h5-6,11-13H,7-10H2,1-4H3,(H,22,26)(H,23,25). The number of nitrogens with one attached hydrogen (secondary N) is 2. The van der Waals surface area contributed by atoms with Crippen molar-refractivity contribution < 1.29 is 26.8 Å². The van der Waals surface area contributed by atoms with E-state index in [0.717, 1.165) is 16.4 Å². The normalized spacial score (nSPS) is 17.6. The molecule has 1 unspecified atom stereocenters. The zero-order chi connectivity index (χ0) is 22.0. The van der Waals surface area contributed by atoms with Gasteiger partial charge in [0.2, 0.25) is 21.8 Å². The summed E-state index contributed by atoms with van der Waals surface area (Å²) in [5.74, 6) is -3.40. The second-order valence-electron chi connectivity index (χ2n) is 8.22. The summed E-state index contributed by atoms with van der Waals surface area (Å²) in [4.78, 5) is 24.2. The van der Waals surface area contributed by atoms with E-state index >= 15 is 0 Å². The summed E-state index contributed by atoms with van der Waals surface area (Å²) in [6.07, 6.45) is 0.532. The molecule has 162 valence electrons. The number of benzene rings is 1. The molecule has 0 spiro atoms. The molecule has 2 N–H and O–H groups in total. The predicted octanol–water partition coefficient (Wildman–Crippen LogP) is 1.78. The van der Waals surface area contributed by atoms with Crippen LogP contribution < -0.4 is 10.6 Å². The van der Waals surface area contributed by atoms with Gasteiger partial charge in [0.05, 0.1) is 4.90 Å². The molecule has 29 heavy (non-hydrogen) atoms. The van der Waals surface area contributed by atoms with Crippen molar-refractivity contribution in [2.75, 3.05) is 13.1 Å². The van der Waals surface area contributed by atoms with Crippen LogP contribution in [0.25, 0.3) is 0 Å². The molecule has 0 radical (unpaired) electrons. The highest BCUT2D eigenvalue weighted by atomic mass is 32.2. The van der Waals surface area contributed by atoms with Crippen LogP contribution in [0.3, 0.4) is 0 Å². The van der Waals surface area contributed by atoms with E-state index < -0.39 is 39.2 Å². The SMILES string of the molecule is CC(NC(=O)C1CCN(S(=O)(=O)c2ccc(F)c(F)c2)CC1)C(=O)NC(C)(C)C. The molecule has 1 atom stereocenters. The average Bonchev–Trinajstić information content (AvgIpc) is 2.62. The summed E-state index contributed by atoms with van der Waals surface area (Å²) in [5.41, 5.74) is -0.421. The highest BCUT2D eigenvalue weighted by Crippen LogP contribution is 2.25. The summed E-state index contributed by atoms with van der Waals surface area (Å²) in [6, 6.07) is 1.72. The molecule has 1 aliphatic rings. The molecule has 7 nitrogen and oxygen atoms in total. The number of hydrogen-bond acceptors (Lipinski definition) is 4. The van der Waals surface area contributed by atoms with E-state index in [0.29, 0.717) is 6.07 Å². The molecule has 1 aromatic rings. The summed E-state index contributed by atoms with van der Waals surface area (Å²) in [5, 5.41) is 5.44. The molecular weight excluding hydrogens is 404 g/mol. The van der Waals surface area contributed by atoms with Crippen LogP contribution in [0, 0.1) is 17.6 Å². The Bertz CT molecular complexity index is 876. The van der Waals surface area contributed by atoms with Gasteiger partial charge in [-0.3, -0.25) is 9.59 Å². The minimum atomic E-state index is -3.98. The summed E-state index contributed by atoms with van der Waals surface area (Å²) in [7, 11) is -3.98. The van der Waals surface area contributed by atoms with Crippen LogP contribution in [0.15, 0.2) is 23.1 Å². The highest BCUT2D eigenvalue weighted by molar-refractivity contribution is 7.89. The second kappa shape index (κ2) is 8.74. The molecule has 1 aliphatic heterocycles. The van der Waals surface area contributed by atoms with E-state index in [1.807, 2.05) is 20.8 Å². The molecule has 1 heterocycles. The number of nitrogens with zero attached hydrogens (tertiary/aromatic N) is 1. The third-order valence-corrected chi connectivity index (χ3v) is 6.50. The van der Waals surface area contributed by atoms with Gasteiger partial charge in [0.25, 0.3) is 0 Å². The van der Waals surface area contributed by atoms with E-state index in [4.69, 9.17) is 0 Å². The summed E-state index contributed by atoms with van der Waals surface area (Å²) >= 11 is 0. The highest BCUT2D eigenvalue weighted by Gasteiger charge is 2.33. The van der Waals surface area contributed by atoms with E-state index in [1.54, 1.807) is 6.92 Å². The Morgan fingerprint density at radius 3 is 2.24 bits per heavy atom. The molecule has 2 rings (SSSR count). The van der Waals surface area contributed by atoms with E-state index in [2.05, 4.69) is 10.6 Å². The van der Waals surface area contributed by atoms with Crippen molar-refractivity contribution in [3.8, 4) is 0 Å². The molecule has 0 aliphatic carbocycles. The molecule has 1 aromatic carbocycles. The van der Waals surface area contributed by atoms with Crippen molar-refractivity contribution >= 4 is 21.8 Å². The number of amides is 2. The maximum Gasteiger partial charge on any atom is 0.243 e. The quantitative estimate of drug-likeness (QED) is 0.743. The molecule has 0 saturated carbocycles. The van der Waals surface area contributed by atoms with Gasteiger partial charge in [-0.25, -0.2) is 17.2 Å². The number of sulfonamides is 1. The van der Waals surface area contributed by atoms with Gasteiger partial charge in [-0.05, 0) is 58.7 Å². The molecule has 2 amide bonds. The molecule has 0 bridgehead atoms. The fourth-order valence-corrected chi connectivity index (χ4v) is 4.50. The van der Waals surface area contributed by atoms with Gasteiger partial charge in [0.1, 0.15) is 6.04 Å². The minimum Gasteiger partial charge on any atom is -0.350 e. The average molecular weight is 432 g/mol. The van der Waals surface area contributed by atoms with Crippen molar-refractivity contribution in [1.29, 1.82) is 0 Å². The third-order valence-electron chi connectivity index (χ3n) is 4.60. The Hall–Kier alpha value is -2.07. The van der Waals surface area contributed by atoms with Gasteiger partial charge in [0.15, 0.2) is 11.6 Å². The van der Waals surface area contributed by atoms with Crippen LogP contribution in [-0.4, -0.2) is 49.2 Å². The first kappa shape index (κ1) is 23.2. The fraction of sp³-hybridized carbons (Fsp3) is 0.579. The van der Waals surface area contributed by atoms with Crippen molar-refractivity contribution in [2.24, 2.45) is 5.92 Å². The molecule has 10 heteroatoms. The van der Waals surface area contributed by atoms with Gasteiger partial charge in [-0.1, -0.05) is 0 Å².